The minimum absolute atomic E-state index is 0.0575. The zero-order valence-corrected chi connectivity index (χ0v) is 23.0. The number of benzene rings is 4. The highest BCUT2D eigenvalue weighted by molar-refractivity contribution is 6.34. The van der Waals surface area contributed by atoms with Crippen molar-refractivity contribution < 1.29 is 19.3 Å². The molecule has 0 aromatic heterocycles. The number of anilines is 2. The van der Waals surface area contributed by atoms with Crippen molar-refractivity contribution in [2.24, 2.45) is 4.99 Å². The van der Waals surface area contributed by atoms with Crippen LogP contribution in [0.5, 0.6) is 0 Å². The summed E-state index contributed by atoms with van der Waals surface area (Å²) in [6, 6.07) is 26.2. The van der Waals surface area contributed by atoms with Crippen molar-refractivity contribution in [1.29, 1.82) is 0 Å². The second-order valence-electron chi connectivity index (χ2n) is 9.45. The van der Waals surface area contributed by atoms with Crippen LogP contribution in [0.1, 0.15) is 27.0 Å². The fourth-order valence-corrected chi connectivity index (χ4v) is 4.85. The summed E-state index contributed by atoms with van der Waals surface area (Å²) < 4.78 is 0. The quantitative estimate of drug-likeness (QED) is 0.162. The maximum Gasteiger partial charge on any atom is 0.321 e. The summed E-state index contributed by atoms with van der Waals surface area (Å²) in [7, 11) is 0. The molecule has 0 saturated heterocycles. The third kappa shape index (κ3) is 5.89. The number of non-ortho nitro benzene ring substituents is 1. The number of urea groups is 1. The van der Waals surface area contributed by atoms with E-state index >= 15 is 0 Å². The number of carbonyl (C=O) groups is 3. The lowest BCUT2D eigenvalue weighted by atomic mass is 9.99. The average molecular weight is 582 g/mol. The summed E-state index contributed by atoms with van der Waals surface area (Å²) in [6.45, 7) is 1.53. The smallest absolute Gasteiger partial charge is 0.308 e. The fraction of sp³-hybridized carbons (Fsp3) is 0.0968. The van der Waals surface area contributed by atoms with E-state index in [1.165, 1.54) is 17.0 Å². The molecule has 2 N–H and O–H groups in total. The van der Waals surface area contributed by atoms with E-state index in [1.54, 1.807) is 36.4 Å². The number of hydrogen-bond acceptors (Lipinski definition) is 6. The second kappa shape index (κ2) is 12.0. The first-order valence-corrected chi connectivity index (χ1v) is 13.2. The fourth-order valence-electron chi connectivity index (χ4n) is 4.63. The van der Waals surface area contributed by atoms with Gasteiger partial charge in [-0.15, -0.1) is 0 Å². The van der Waals surface area contributed by atoms with Gasteiger partial charge in [0.1, 0.15) is 0 Å². The van der Waals surface area contributed by atoms with E-state index in [0.29, 0.717) is 28.1 Å². The van der Waals surface area contributed by atoms with Crippen molar-refractivity contribution in [2.75, 3.05) is 16.8 Å². The Labute approximate surface area is 245 Å². The highest BCUT2D eigenvalue weighted by Gasteiger charge is 2.34. The number of aryl methyl sites for hydroxylation is 1. The normalized spacial score (nSPS) is 14.3. The molecule has 1 heterocycles. The molecule has 210 valence electrons. The monoisotopic (exact) mass is 581 g/mol. The number of ketones is 1. The first-order valence-electron chi connectivity index (χ1n) is 12.9. The van der Waals surface area contributed by atoms with E-state index in [-0.39, 0.29) is 28.7 Å². The number of para-hydroxylation sites is 1. The Morgan fingerprint density at radius 2 is 1.67 bits per heavy atom. The molecule has 3 amide bonds. The zero-order chi connectivity index (χ0) is 29.8. The summed E-state index contributed by atoms with van der Waals surface area (Å²) >= 11 is 6.14. The first kappa shape index (κ1) is 28.2. The van der Waals surface area contributed by atoms with Crippen LogP contribution in [0, 0.1) is 17.0 Å². The van der Waals surface area contributed by atoms with Gasteiger partial charge in [0.15, 0.2) is 5.78 Å². The number of carbonyl (C=O) groups excluding carboxylic acids is 3. The van der Waals surface area contributed by atoms with Crippen LogP contribution < -0.4 is 15.5 Å². The molecule has 42 heavy (non-hydrogen) atoms. The number of hydrogen-bond donors (Lipinski definition) is 2. The molecule has 5 rings (SSSR count). The van der Waals surface area contributed by atoms with Crippen molar-refractivity contribution >= 4 is 52.1 Å². The van der Waals surface area contributed by atoms with Crippen LogP contribution in [0.2, 0.25) is 5.02 Å². The number of nitro groups is 1. The molecule has 1 unspecified atom stereocenters. The number of Topliss-reactive ketones (excluding diaryl/α,β-unsaturated/α-hetero) is 1. The van der Waals surface area contributed by atoms with Crippen LogP contribution in [0.25, 0.3) is 0 Å². The summed E-state index contributed by atoms with van der Waals surface area (Å²) in [6.07, 6.45) is -1.42. The number of nitrogens with zero attached hydrogens (tertiary/aromatic N) is 3. The van der Waals surface area contributed by atoms with Gasteiger partial charge in [0.2, 0.25) is 6.17 Å². The Balaban J connectivity index is 1.52. The number of halogens is 1. The maximum absolute atomic E-state index is 14.0. The molecule has 1 atom stereocenters. The van der Waals surface area contributed by atoms with Gasteiger partial charge in [-0.05, 0) is 24.6 Å². The largest absolute Gasteiger partial charge is 0.321 e. The second-order valence-corrected chi connectivity index (χ2v) is 9.85. The van der Waals surface area contributed by atoms with E-state index in [2.05, 4.69) is 15.6 Å². The Hall–Kier alpha value is -5.35. The van der Waals surface area contributed by atoms with E-state index in [9.17, 15) is 24.5 Å². The number of rotatable bonds is 7. The molecule has 0 spiro atoms. The van der Waals surface area contributed by atoms with Gasteiger partial charge in [-0.3, -0.25) is 19.7 Å². The Kier molecular flexibility index (Phi) is 8.07. The van der Waals surface area contributed by atoms with Crippen LogP contribution in [-0.2, 0) is 4.79 Å². The lowest BCUT2D eigenvalue weighted by Gasteiger charge is -2.25. The maximum atomic E-state index is 14.0. The van der Waals surface area contributed by atoms with Crippen LogP contribution in [0.3, 0.4) is 0 Å². The van der Waals surface area contributed by atoms with Gasteiger partial charge in [-0.2, -0.15) is 0 Å². The molecule has 0 saturated carbocycles. The van der Waals surface area contributed by atoms with E-state index in [1.807, 2.05) is 49.4 Å². The SMILES string of the molecule is Cc1ccccc1C(=O)CN1C(=O)C(NC(=O)Nc2ccc([N+](=O)[O-])cc2Cl)N=C(c2ccccc2)c2ccccc21. The van der Waals surface area contributed by atoms with E-state index < -0.39 is 23.0 Å². The summed E-state index contributed by atoms with van der Waals surface area (Å²) in [5.41, 5.74) is 3.34. The van der Waals surface area contributed by atoms with Gasteiger partial charge in [0.05, 0.1) is 33.6 Å². The topological polar surface area (TPSA) is 134 Å². The number of nitro benzene ring substituents is 1. The van der Waals surface area contributed by atoms with Crippen molar-refractivity contribution in [3.63, 3.8) is 0 Å². The molecule has 10 nitrogen and oxygen atoms in total. The highest BCUT2D eigenvalue weighted by Crippen LogP contribution is 2.30. The molecule has 0 bridgehead atoms. The van der Waals surface area contributed by atoms with E-state index in [4.69, 9.17) is 11.6 Å². The molecule has 4 aromatic rings. The number of fused-ring (bicyclic) bond motifs is 1. The van der Waals surface area contributed by atoms with Gasteiger partial charge in [-0.25, -0.2) is 9.79 Å². The van der Waals surface area contributed by atoms with Gasteiger partial charge in [0.25, 0.3) is 11.6 Å². The van der Waals surface area contributed by atoms with Gasteiger partial charge >= 0.3 is 6.03 Å². The summed E-state index contributed by atoms with van der Waals surface area (Å²) in [5.74, 6) is -0.902. The van der Waals surface area contributed by atoms with E-state index in [0.717, 1.165) is 11.6 Å². The van der Waals surface area contributed by atoms with Gasteiger partial charge in [0, 0.05) is 28.8 Å². The Morgan fingerprint density at radius 1 is 0.976 bits per heavy atom. The minimum Gasteiger partial charge on any atom is -0.308 e. The Bertz CT molecular complexity index is 1740. The molecule has 1 aliphatic heterocycles. The van der Waals surface area contributed by atoms with Gasteiger partial charge in [-0.1, -0.05) is 84.4 Å². The molecular weight excluding hydrogens is 558 g/mol. The van der Waals surface area contributed by atoms with Crippen LogP contribution in [0.15, 0.2) is 102 Å². The number of amides is 3. The third-order valence-electron chi connectivity index (χ3n) is 6.68. The first-order chi connectivity index (χ1) is 20.2. The third-order valence-corrected chi connectivity index (χ3v) is 6.99. The molecule has 0 radical (unpaired) electrons. The van der Waals surface area contributed by atoms with Crippen molar-refractivity contribution in [3.05, 3.63) is 134 Å². The van der Waals surface area contributed by atoms with Crippen molar-refractivity contribution in [3.8, 4) is 0 Å². The molecule has 11 heteroatoms. The lowest BCUT2D eigenvalue weighted by molar-refractivity contribution is -0.384. The Morgan fingerprint density at radius 3 is 2.38 bits per heavy atom. The van der Waals surface area contributed by atoms with Crippen molar-refractivity contribution in [1.82, 2.24) is 5.32 Å². The summed E-state index contributed by atoms with van der Waals surface area (Å²) in [4.78, 5) is 57.0. The number of aliphatic imine (C=N–C) groups is 1. The number of benzodiazepines with no additional fused rings is 1. The summed E-state index contributed by atoms with van der Waals surface area (Å²) in [5, 5.41) is 16.1. The molecule has 1 aliphatic rings. The zero-order valence-electron chi connectivity index (χ0n) is 22.3. The molecule has 4 aromatic carbocycles. The highest BCUT2D eigenvalue weighted by atomic mass is 35.5. The standard InChI is InChI=1S/C31H24ClN5O5/c1-19-9-5-6-12-22(19)27(38)18-36-26-14-8-7-13-23(26)28(20-10-3-2-4-11-20)34-29(30(36)39)35-31(40)33-25-16-15-21(37(41)42)17-24(25)32/h2-17,29H,18H2,1H3,(H2,33,35,40). The predicted octanol–water partition coefficient (Wildman–Crippen LogP) is 5.77. The minimum atomic E-state index is -1.42. The lowest BCUT2D eigenvalue weighted by Crippen LogP contribution is -2.50. The molecule has 0 fully saturated rings. The molecule has 0 aliphatic carbocycles. The number of nitrogens with one attached hydrogen (secondary N) is 2. The van der Waals surface area contributed by atoms with Gasteiger partial charge < -0.3 is 15.5 Å². The molecular formula is C31H24ClN5O5. The van der Waals surface area contributed by atoms with Crippen LogP contribution in [0.4, 0.5) is 21.9 Å². The average Bonchev–Trinajstić information content (AvgIpc) is 3.09. The van der Waals surface area contributed by atoms with Crippen LogP contribution >= 0.6 is 11.6 Å². The predicted molar refractivity (Wildman–Crippen MR) is 160 cm³/mol. The van der Waals surface area contributed by atoms with Crippen molar-refractivity contribution in [2.45, 2.75) is 13.1 Å². The van der Waals surface area contributed by atoms with Crippen LogP contribution in [-0.4, -0.2) is 41.1 Å².